The van der Waals surface area contributed by atoms with E-state index in [1.165, 1.54) is 18.2 Å². The number of para-hydroxylation sites is 1. The maximum absolute atomic E-state index is 13.0. The lowest BCUT2D eigenvalue weighted by Crippen LogP contribution is -2.48. The fourth-order valence-electron chi connectivity index (χ4n) is 3.94. The number of ether oxygens (including phenoxy) is 2. The zero-order chi connectivity index (χ0) is 31.7. The molecule has 8 nitrogen and oxygen atoms in total. The fourth-order valence-corrected chi connectivity index (χ4v) is 3.94. The zero-order valence-corrected chi connectivity index (χ0v) is 26.1. The number of esters is 1. The van der Waals surface area contributed by atoms with Crippen molar-refractivity contribution in [3.8, 4) is 5.75 Å². The molecule has 0 aliphatic heterocycles. The minimum atomic E-state index is -1.04. The first kappa shape index (κ1) is 37.1. The monoisotopic (exact) mass is 592 g/mol. The van der Waals surface area contributed by atoms with Crippen molar-refractivity contribution < 1.29 is 23.9 Å². The first-order valence-corrected chi connectivity index (χ1v) is 15.2. The topological polar surface area (TPSA) is 111 Å². The number of allylic oxidation sites excluding steroid dienone is 9. The molecule has 1 rings (SSSR count). The average Bonchev–Trinajstić information content (AvgIpc) is 2.99. The Bertz CT molecular complexity index is 1130. The average molecular weight is 593 g/mol. The largest absolute Gasteiger partial charge is 0.424 e. The van der Waals surface area contributed by atoms with Crippen LogP contribution in [-0.2, 0) is 14.3 Å². The highest BCUT2D eigenvalue weighted by Gasteiger charge is 2.28. The number of benzene rings is 1. The molecule has 0 fully saturated rings. The molecule has 2 atom stereocenters. The van der Waals surface area contributed by atoms with Crippen LogP contribution >= 0.6 is 0 Å². The third kappa shape index (κ3) is 17.0. The smallest absolute Gasteiger partial charge is 0.334 e. The highest BCUT2D eigenvalue weighted by molar-refractivity contribution is 5.98. The van der Waals surface area contributed by atoms with E-state index in [0.29, 0.717) is 25.9 Å². The standard InChI is InChI=1S/C35H48N2O6/c1-5-7-8-9-10-11-12-13-14-15-16-17-18-19-20-23-26-42-31(6-2)34(39)36-30(27-28(3)4)35(40)43-32-25-22-21-24-29(32)33(38)37-41/h7-8,10-11,13-14,16-17,19-22,24-25,28,30-31H,5-6,9,12,15,18,23,26-27H2,1-4H3,(H,36,39)/b8-7-,11-10-,14-13-,17-16-,20-19-. The lowest BCUT2D eigenvalue weighted by Gasteiger charge is -2.22. The van der Waals surface area contributed by atoms with Gasteiger partial charge in [-0.2, -0.15) is 0 Å². The molecule has 1 aromatic carbocycles. The third-order valence-electron chi connectivity index (χ3n) is 6.14. The van der Waals surface area contributed by atoms with Crippen LogP contribution in [0.15, 0.2) is 90.2 Å². The highest BCUT2D eigenvalue weighted by atomic mass is 16.5. The summed E-state index contributed by atoms with van der Waals surface area (Å²) in [5, 5.41) is 5.15. The Labute approximate surface area is 257 Å². The Hall–Kier alpha value is -3.91. The van der Waals surface area contributed by atoms with Crippen molar-refractivity contribution in [2.24, 2.45) is 11.1 Å². The number of carbonyl (C=O) groups excluding carboxylic acids is 3. The molecule has 234 valence electrons. The molecule has 0 aromatic heterocycles. The van der Waals surface area contributed by atoms with Crippen LogP contribution in [0.25, 0.3) is 0 Å². The first-order valence-electron chi connectivity index (χ1n) is 15.2. The number of rotatable bonds is 21. The van der Waals surface area contributed by atoms with Gasteiger partial charge in [-0.05, 0) is 69.4 Å². The summed E-state index contributed by atoms with van der Waals surface area (Å²) in [6.45, 7) is 8.17. The summed E-state index contributed by atoms with van der Waals surface area (Å²) >= 11 is 0. The fraction of sp³-hybridized carbons (Fsp3) is 0.457. The minimum Gasteiger partial charge on any atom is -0.424 e. The van der Waals surface area contributed by atoms with Crippen LogP contribution in [0.5, 0.6) is 5.75 Å². The zero-order valence-electron chi connectivity index (χ0n) is 26.1. The first-order chi connectivity index (χ1) is 20.8. The highest BCUT2D eigenvalue weighted by Crippen LogP contribution is 2.20. The van der Waals surface area contributed by atoms with Gasteiger partial charge in [-0.15, -0.1) is 4.91 Å². The molecule has 2 unspecified atom stereocenters. The number of carbonyl (C=O) groups is 3. The van der Waals surface area contributed by atoms with E-state index in [1.54, 1.807) is 6.07 Å². The summed E-state index contributed by atoms with van der Waals surface area (Å²) in [6, 6.07) is 4.89. The van der Waals surface area contributed by atoms with Gasteiger partial charge in [0.2, 0.25) is 5.91 Å². The van der Waals surface area contributed by atoms with Crippen LogP contribution in [0, 0.1) is 10.8 Å². The number of hydrogen-bond donors (Lipinski definition) is 1. The maximum atomic E-state index is 13.0. The van der Waals surface area contributed by atoms with Crippen LogP contribution in [0.1, 0.15) is 89.4 Å². The van der Waals surface area contributed by atoms with Crippen molar-refractivity contribution in [3.63, 3.8) is 0 Å². The van der Waals surface area contributed by atoms with Crippen LogP contribution < -0.4 is 10.1 Å². The lowest BCUT2D eigenvalue weighted by atomic mass is 10.0. The van der Waals surface area contributed by atoms with Gasteiger partial charge in [0, 0.05) is 5.18 Å². The SMILES string of the molecule is CC/C=C\C/C=C\C/C=C\C/C=C\C/C=C\CCOC(CC)C(=O)NC(CC(C)C)C(=O)Oc1ccccc1C(=O)N=O. The number of amides is 2. The van der Waals surface area contributed by atoms with E-state index < -0.39 is 29.9 Å². The molecule has 8 heteroatoms. The molecule has 0 aliphatic carbocycles. The number of nitroso groups, excluding NO2 is 1. The van der Waals surface area contributed by atoms with E-state index in [9.17, 15) is 19.3 Å². The quantitative estimate of drug-likeness (QED) is 0.0510. The molecule has 0 spiro atoms. The van der Waals surface area contributed by atoms with Crippen molar-refractivity contribution >= 4 is 17.8 Å². The van der Waals surface area contributed by atoms with Crippen LogP contribution in [-0.4, -0.2) is 36.5 Å². The predicted molar refractivity (Wildman–Crippen MR) is 173 cm³/mol. The van der Waals surface area contributed by atoms with Gasteiger partial charge < -0.3 is 14.8 Å². The molecule has 2 amide bonds. The second kappa shape index (κ2) is 23.6. The van der Waals surface area contributed by atoms with Gasteiger partial charge in [-0.3, -0.25) is 9.59 Å². The minimum absolute atomic E-state index is 0.0719. The summed E-state index contributed by atoms with van der Waals surface area (Å²) in [7, 11) is 0. The van der Waals surface area contributed by atoms with Gasteiger partial charge >= 0.3 is 11.9 Å². The van der Waals surface area contributed by atoms with Gasteiger partial charge in [0.15, 0.2) is 0 Å². The molecular formula is C35H48N2O6. The van der Waals surface area contributed by atoms with E-state index >= 15 is 0 Å². The predicted octanol–water partition coefficient (Wildman–Crippen LogP) is 7.97. The Morgan fingerprint density at radius 1 is 0.837 bits per heavy atom. The molecule has 0 bridgehead atoms. The van der Waals surface area contributed by atoms with Gasteiger partial charge in [-0.1, -0.05) is 101 Å². The number of nitrogens with zero attached hydrogens (tertiary/aromatic N) is 1. The Morgan fingerprint density at radius 2 is 1.40 bits per heavy atom. The molecule has 0 radical (unpaired) electrons. The van der Waals surface area contributed by atoms with Crippen LogP contribution in [0.4, 0.5) is 0 Å². The normalized spacial score (nSPS) is 13.5. The summed E-state index contributed by atoms with van der Waals surface area (Å²) in [4.78, 5) is 48.4. The van der Waals surface area contributed by atoms with E-state index in [4.69, 9.17) is 9.47 Å². The Balaban J connectivity index is 2.48. The molecule has 0 aliphatic rings. The molecule has 43 heavy (non-hydrogen) atoms. The Morgan fingerprint density at radius 3 is 1.93 bits per heavy atom. The molecule has 1 aromatic rings. The van der Waals surface area contributed by atoms with Crippen molar-refractivity contribution in [2.75, 3.05) is 6.61 Å². The number of nitrogens with one attached hydrogen (secondary N) is 1. The van der Waals surface area contributed by atoms with Crippen molar-refractivity contribution in [1.82, 2.24) is 5.32 Å². The lowest BCUT2D eigenvalue weighted by molar-refractivity contribution is -0.143. The molecular weight excluding hydrogens is 544 g/mol. The molecule has 0 heterocycles. The van der Waals surface area contributed by atoms with Crippen molar-refractivity contribution in [1.29, 1.82) is 0 Å². The van der Waals surface area contributed by atoms with Gasteiger partial charge in [-0.25, -0.2) is 4.79 Å². The summed E-state index contributed by atoms with van der Waals surface area (Å²) in [5.41, 5.74) is -0.120. The van der Waals surface area contributed by atoms with E-state index in [1.807, 2.05) is 26.8 Å². The van der Waals surface area contributed by atoms with E-state index in [-0.39, 0.29) is 17.2 Å². The van der Waals surface area contributed by atoms with Crippen molar-refractivity contribution in [3.05, 3.63) is 95.5 Å². The summed E-state index contributed by atoms with van der Waals surface area (Å²) in [6.07, 6.45) is 26.8. The maximum Gasteiger partial charge on any atom is 0.334 e. The molecule has 1 N–H and O–H groups in total. The number of hydrogen-bond acceptors (Lipinski definition) is 6. The van der Waals surface area contributed by atoms with Gasteiger partial charge in [0.25, 0.3) is 0 Å². The molecule has 0 saturated carbocycles. The Kier molecular flexibility index (Phi) is 20.4. The summed E-state index contributed by atoms with van der Waals surface area (Å²) < 4.78 is 11.2. The second-order valence-electron chi connectivity index (χ2n) is 10.3. The van der Waals surface area contributed by atoms with E-state index in [0.717, 1.165) is 32.1 Å². The second-order valence-corrected chi connectivity index (χ2v) is 10.3. The third-order valence-corrected chi connectivity index (χ3v) is 6.14. The van der Waals surface area contributed by atoms with Crippen LogP contribution in [0.2, 0.25) is 0 Å². The molecule has 0 saturated heterocycles. The van der Waals surface area contributed by atoms with E-state index in [2.05, 4.69) is 72.1 Å². The van der Waals surface area contributed by atoms with Gasteiger partial charge in [0.1, 0.15) is 17.9 Å². The van der Waals surface area contributed by atoms with Gasteiger partial charge in [0.05, 0.1) is 12.2 Å². The summed E-state index contributed by atoms with van der Waals surface area (Å²) in [5.74, 6) is -2.20. The van der Waals surface area contributed by atoms with Crippen molar-refractivity contribution in [2.45, 2.75) is 91.2 Å². The van der Waals surface area contributed by atoms with Crippen LogP contribution in [0.3, 0.4) is 0 Å².